The van der Waals surface area contributed by atoms with E-state index in [4.69, 9.17) is 1.90 Å². The average molecular weight is 202 g/mol. The fourth-order valence-electron chi connectivity index (χ4n) is 0.919. The molecule has 0 aliphatic rings. The van der Waals surface area contributed by atoms with Crippen LogP contribution in [0.1, 0.15) is 0 Å². The normalized spacial score (nSPS) is 14.0. The first-order valence-electron chi connectivity index (χ1n) is 3.41. The molecule has 0 amide bonds. The minimum atomic E-state index is -1.66. The van der Waals surface area contributed by atoms with Crippen LogP contribution >= 0.6 is 0 Å². The van der Waals surface area contributed by atoms with Crippen LogP contribution in [0.25, 0.3) is 0 Å². The van der Waals surface area contributed by atoms with Crippen molar-refractivity contribution in [1.29, 1.82) is 0 Å². The zero-order valence-corrected chi connectivity index (χ0v) is 10.5. The third-order valence-corrected chi connectivity index (χ3v) is 10.4. The van der Waals surface area contributed by atoms with Gasteiger partial charge in [0.15, 0.2) is 0 Å². The molecular weight excluding hydrogens is 184 g/mol. The van der Waals surface area contributed by atoms with Crippen molar-refractivity contribution >= 4 is 0 Å². The van der Waals surface area contributed by atoms with E-state index in [9.17, 15) is 0 Å². The topological polar surface area (TPSA) is 9.23 Å². The van der Waals surface area contributed by atoms with E-state index in [0.717, 1.165) is 0 Å². The SMILES string of the molecule is [CH3][Ti]([CH3])([CH3])[O][Ti]([CH3])([CH3])[CH3]. The quantitative estimate of drug-likeness (QED) is 0.623. The standard InChI is InChI=1S/6CH3.O.2Ti/h6*1H3;;;. The van der Waals surface area contributed by atoms with Crippen molar-refractivity contribution in [3.05, 3.63) is 0 Å². The van der Waals surface area contributed by atoms with Crippen molar-refractivity contribution < 1.29 is 35.9 Å². The molecule has 0 aliphatic heterocycles. The van der Waals surface area contributed by atoms with E-state index in [-0.39, 0.29) is 0 Å². The molecule has 0 rings (SSSR count). The molecule has 0 aliphatic carbocycles. The number of hydrogen-bond acceptors (Lipinski definition) is 1. The van der Waals surface area contributed by atoms with Gasteiger partial charge in [0, 0.05) is 0 Å². The minimum absolute atomic E-state index is 1.66. The van der Waals surface area contributed by atoms with Crippen molar-refractivity contribution in [3.63, 3.8) is 0 Å². The summed E-state index contributed by atoms with van der Waals surface area (Å²) in [6, 6.07) is 0. The van der Waals surface area contributed by atoms with E-state index in [2.05, 4.69) is 31.4 Å². The molecule has 0 aromatic carbocycles. The van der Waals surface area contributed by atoms with Crippen molar-refractivity contribution in [2.45, 2.75) is 31.4 Å². The summed E-state index contributed by atoms with van der Waals surface area (Å²) in [5.74, 6) is 0. The maximum atomic E-state index is 6.00. The molecule has 0 N–H and O–H groups in total. The fraction of sp³-hybridized carbons (Fsp3) is 1.00. The Labute approximate surface area is 66.8 Å². The monoisotopic (exact) mass is 202 g/mol. The second-order valence-corrected chi connectivity index (χ2v) is 19.2. The predicted octanol–water partition coefficient (Wildman–Crippen LogP) is 3.43. The van der Waals surface area contributed by atoms with Gasteiger partial charge in [-0.15, -0.1) is 0 Å². The van der Waals surface area contributed by atoms with Crippen LogP contribution in [0.3, 0.4) is 0 Å². The Morgan fingerprint density at radius 3 is 0.889 bits per heavy atom. The summed E-state index contributed by atoms with van der Waals surface area (Å²) in [5.41, 5.74) is 0. The summed E-state index contributed by atoms with van der Waals surface area (Å²) in [7, 11) is 0. The van der Waals surface area contributed by atoms with Gasteiger partial charge in [0.25, 0.3) is 0 Å². The Morgan fingerprint density at radius 2 is 0.889 bits per heavy atom. The van der Waals surface area contributed by atoms with Gasteiger partial charge in [-0.1, -0.05) is 0 Å². The number of hydrogen-bond donors (Lipinski definition) is 0. The molecule has 56 valence electrons. The molecule has 3 heteroatoms. The van der Waals surface area contributed by atoms with Gasteiger partial charge in [-0.25, -0.2) is 0 Å². The Kier molecular flexibility index (Phi) is 3.68. The molecule has 0 aromatic rings. The summed E-state index contributed by atoms with van der Waals surface area (Å²) in [6.45, 7) is 0. The zero-order chi connectivity index (χ0) is 7.71. The van der Waals surface area contributed by atoms with Gasteiger partial charge < -0.3 is 0 Å². The first-order valence-corrected chi connectivity index (χ1v) is 14.1. The van der Waals surface area contributed by atoms with Gasteiger partial charge in [-0.05, 0) is 0 Å². The molecular formula is C6H18OTi2. The average Bonchev–Trinajstić information content (AvgIpc) is 1.14. The third kappa shape index (κ3) is 9.39. The molecule has 0 radical (unpaired) electrons. The van der Waals surface area contributed by atoms with Gasteiger partial charge in [0.05, 0.1) is 0 Å². The summed E-state index contributed by atoms with van der Waals surface area (Å²) in [6.07, 6.45) is 0. The van der Waals surface area contributed by atoms with E-state index in [1.54, 1.807) is 0 Å². The van der Waals surface area contributed by atoms with Crippen LogP contribution in [0.4, 0.5) is 0 Å². The molecule has 0 atom stereocenters. The van der Waals surface area contributed by atoms with Crippen LogP contribution < -0.4 is 0 Å². The van der Waals surface area contributed by atoms with E-state index >= 15 is 0 Å². The first-order chi connectivity index (χ1) is 3.71. The van der Waals surface area contributed by atoms with Crippen LogP contribution in [0.15, 0.2) is 0 Å². The summed E-state index contributed by atoms with van der Waals surface area (Å²) >= 11 is -3.31. The zero-order valence-electron chi connectivity index (χ0n) is 7.41. The van der Waals surface area contributed by atoms with Crippen LogP contribution in [0, 0.1) is 0 Å². The predicted molar refractivity (Wildman–Crippen MR) is 36.3 cm³/mol. The molecule has 0 fully saturated rings. The van der Waals surface area contributed by atoms with Gasteiger partial charge in [-0.3, -0.25) is 0 Å². The molecule has 0 unspecified atom stereocenters. The summed E-state index contributed by atoms with van der Waals surface area (Å²) < 4.78 is 6.00. The van der Waals surface area contributed by atoms with E-state index < -0.39 is 34.0 Å². The van der Waals surface area contributed by atoms with Crippen LogP contribution in [0.2, 0.25) is 31.4 Å². The van der Waals surface area contributed by atoms with Gasteiger partial charge in [0.1, 0.15) is 0 Å². The van der Waals surface area contributed by atoms with E-state index in [1.165, 1.54) is 0 Å². The second-order valence-electron chi connectivity index (χ2n) is 4.33. The van der Waals surface area contributed by atoms with Crippen molar-refractivity contribution in [3.8, 4) is 0 Å². The Hall–Kier alpha value is 1.39. The molecule has 0 saturated heterocycles. The number of rotatable bonds is 2. The van der Waals surface area contributed by atoms with Crippen LogP contribution in [0.5, 0.6) is 0 Å². The fourth-order valence-corrected chi connectivity index (χ4v) is 15.6. The van der Waals surface area contributed by atoms with Crippen LogP contribution in [-0.2, 0) is 35.9 Å². The summed E-state index contributed by atoms with van der Waals surface area (Å²) in [5, 5.41) is 13.8. The third-order valence-electron chi connectivity index (χ3n) is 0.612. The maximum absolute atomic E-state index is 6.00. The molecule has 9 heavy (non-hydrogen) atoms. The molecule has 0 spiro atoms. The van der Waals surface area contributed by atoms with Crippen molar-refractivity contribution in [1.82, 2.24) is 0 Å². The van der Waals surface area contributed by atoms with Gasteiger partial charge in [0.2, 0.25) is 0 Å². The second kappa shape index (κ2) is 3.19. The Morgan fingerprint density at radius 1 is 0.667 bits per heavy atom. The van der Waals surface area contributed by atoms with Crippen molar-refractivity contribution in [2.24, 2.45) is 0 Å². The van der Waals surface area contributed by atoms with Crippen LogP contribution in [-0.4, -0.2) is 0 Å². The molecule has 1 nitrogen and oxygen atoms in total. The van der Waals surface area contributed by atoms with E-state index in [0.29, 0.717) is 0 Å². The summed E-state index contributed by atoms with van der Waals surface area (Å²) in [4.78, 5) is 0. The molecule has 0 bridgehead atoms. The molecule has 0 heterocycles. The van der Waals surface area contributed by atoms with Gasteiger partial charge in [-0.2, -0.15) is 0 Å². The van der Waals surface area contributed by atoms with Gasteiger partial charge >= 0.3 is 67.2 Å². The Bertz CT molecular complexity index is 76.2. The first kappa shape index (κ1) is 10.4. The van der Waals surface area contributed by atoms with E-state index in [1.807, 2.05) is 0 Å². The molecule has 0 saturated carbocycles. The Balaban J connectivity index is 3.75. The van der Waals surface area contributed by atoms with Crippen molar-refractivity contribution in [2.75, 3.05) is 0 Å². The molecule has 0 aromatic heterocycles.